The van der Waals surface area contributed by atoms with Crippen LogP contribution >= 0.6 is 23.2 Å². The van der Waals surface area contributed by atoms with Crippen molar-refractivity contribution in [3.8, 4) is 11.5 Å². The van der Waals surface area contributed by atoms with Crippen molar-refractivity contribution in [2.45, 2.75) is 6.54 Å². The molecule has 0 aliphatic carbocycles. The number of rotatable bonds is 6. The molecule has 0 saturated heterocycles. The lowest BCUT2D eigenvalue weighted by molar-refractivity contribution is -0.112. The summed E-state index contributed by atoms with van der Waals surface area (Å²) >= 11 is 12.6. The number of halogens is 2. The maximum absolute atomic E-state index is 13.1. The lowest BCUT2D eigenvalue weighted by atomic mass is 10.1. The molecule has 0 atom stereocenters. The number of aromatic hydroxyl groups is 1. The number of hydrogen-bond acceptors (Lipinski definition) is 4. The number of anilines is 1. The first-order valence-corrected chi connectivity index (χ1v) is 10.4. The summed E-state index contributed by atoms with van der Waals surface area (Å²) in [5, 5.41) is 13.7. The number of nitrogens with zero attached hydrogens (tertiary/aromatic N) is 1. The molecule has 0 aliphatic rings. The van der Waals surface area contributed by atoms with Crippen LogP contribution in [-0.4, -0.2) is 28.5 Å². The monoisotopic (exact) mass is 468 g/mol. The molecule has 4 rings (SSSR count). The lowest BCUT2D eigenvalue weighted by Gasteiger charge is -2.08. The van der Waals surface area contributed by atoms with Gasteiger partial charge in [-0.05, 0) is 60.2 Å². The van der Waals surface area contributed by atoms with Crippen molar-refractivity contribution in [3.05, 3.63) is 88.0 Å². The maximum Gasteiger partial charge on any atom is 0.296 e. The van der Waals surface area contributed by atoms with E-state index in [-0.39, 0.29) is 16.5 Å². The molecule has 1 aromatic heterocycles. The first kappa shape index (κ1) is 21.7. The van der Waals surface area contributed by atoms with Crippen molar-refractivity contribution in [2.24, 2.45) is 0 Å². The van der Waals surface area contributed by atoms with E-state index in [0.29, 0.717) is 33.9 Å². The van der Waals surface area contributed by atoms with Crippen molar-refractivity contribution in [2.75, 3.05) is 12.4 Å². The molecule has 1 heterocycles. The van der Waals surface area contributed by atoms with Gasteiger partial charge in [0, 0.05) is 22.6 Å². The third kappa shape index (κ3) is 4.28. The Kier molecular flexibility index (Phi) is 6.08. The zero-order valence-electron chi connectivity index (χ0n) is 16.9. The van der Waals surface area contributed by atoms with E-state index in [0.717, 1.165) is 5.56 Å². The highest BCUT2D eigenvalue weighted by Crippen LogP contribution is 2.34. The third-order valence-electron chi connectivity index (χ3n) is 5.02. The molecular weight excluding hydrogens is 451 g/mol. The summed E-state index contributed by atoms with van der Waals surface area (Å²) < 4.78 is 6.81. The van der Waals surface area contributed by atoms with Crippen molar-refractivity contribution < 1.29 is 19.4 Å². The number of fused-ring (bicyclic) bond motifs is 1. The predicted octanol–water partition coefficient (Wildman–Crippen LogP) is 5.53. The Labute approximate surface area is 193 Å². The number of hydrogen-bond donors (Lipinski definition) is 2. The van der Waals surface area contributed by atoms with E-state index in [9.17, 15) is 14.7 Å². The summed E-state index contributed by atoms with van der Waals surface area (Å²) in [5.74, 6) is -1.07. The fourth-order valence-electron chi connectivity index (χ4n) is 3.43. The van der Waals surface area contributed by atoms with E-state index >= 15 is 0 Å². The molecule has 0 radical (unpaired) electrons. The Morgan fingerprint density at radius 1 is 1.00 bits per heavy atom. The molecule has 32 heavy (non-hydrogen) atoms. The second kappa shape index (κ2) is 8.94. The average Bonchev–Trinajstić information content (AvgIpc) is 3.05. The first-order valence-electron chi connectivity index (χ1n) is 9.62. The van der Waals surface area contributed by atoms with Gasteiger partial charge in [0.25, 0.3) is 11.7 Å². The minimum absolute atomic E-state index is 0.0255. The summed E-state index contributed by atoms with van der Waals surface area (Å²) in [6.07, 6.45) is 0. The average molecular weight is 469 g/mol. The highest BCUT2D eigenvalue weighted by atomic mass is 35.5. The van der Waals surface area contributed by atoms with E-state index < -0.39 is 11.7 Å². The van der Waals surface area contributed by atoms with Crippen LogP contribution in [0.2, 0.25) is 10.2 Å². The molecule has 0 unspecified atom stereocenters. The number of nitrogens with one attached hydrogen (secondary N) is 1. The normalized spacial score (nSPS) is 10.8. The van der Waals surface area contributed by atoms with E-state index in [1.54, 1.807) is 47.0 Å². The fraction of sp³-hybridized carbons (Fsp3) is 0.0833. The Bertz CT molecular complexity index is 1310. The number of carbonyl (C=O) groups excluding carboxylic acids is 2. The van der Waals surface area contributed by atoms with Crippen molar-refractivity contribution >= 4 is 51.5 Å². The maximum atomic E-state index is 13.1. The third-order valence-corrected chi connectivity index (χ3v) is 5.66. The molecular formula is C24H18Cl2N2O4. The molecule has 0 aliphatic heterocycles. The van der Waals surface area contributed by atoms with E-state index in [1.807, 2.05) is 12.1 Å². The number of ketones is 1. The van der Waals surface area contributed by atoms with Gasteiger partial charge >= 0.3 is 0 Å². The lowest BCUT2D eigenvalue weighted by Crippen LogP contribution is -2.23. The zero-order chi connectivity index (χ0) is 22.8. The molecule has 2 N–H and O–H groups in total. The predicted molar refractivity (Wildman–Crippen MR) is 125 cm³/mol. The number of amides is 1. The molecule has 4 aromatic rings. The van der Waals surface area contributed by atoms with Gasteiger partial charge in [0.1, 0.15) is 16.7 Å². The summed E-state index contributed by atoms with van der Waals surface area (Å²) in [5.41, 5.74) is 1.98. The van der Waals surface area contributed by atoms with Crippen LogP contribution < -0.4 is 10.1 Å². The number of benzene rings is 3. The topological polar surface area (TPSA) is 80.6 Å². The number of phenols is 1. The van der Waals surface area contributed by atoms with Crippen LogP contribution in [0.3, 0.4) is 0 Å². The van der Waals surface area contributed by atoms with Crippen molar-refractivity contribution in [3.63, 3.8) is 0 Å². The number of phenolic OH excluding ortho intramolecular Hbond substituents is 1. The Balaban J connectivity index is 1.71. The molecule has 0 saturated carbocycles. The van der Waals surface area contributed by atoms with Gasteiger partial charge in [-0.1, -0.05) is 35.3 Å². The summed E-state index contributed by atoms with van der Waals surface area (Å²) in [6.45, 7) is 0.352. The highest BCUT2D eigenvalue weighted by Gasteiger charge is 2.27. The van der Waals surface area contributed by atoms with Gasteiger partial charge in [-0.15, -0.1) is 0 Å². The summed E-state index contributed by atoms with van der Waals surface area (Å²) in [4.78, 5) is 25.8. The van der Waals surface area contributed by atoms with Crippen LogP contribution in [-0.2, 0) is 11.3 Å². The molecule has 6 nitrogen and oxygen atoms in total. The Morgan fingerprint density at radius 3 is 2.34 bits per heavy atom. The van der Waals surface area contributed by atoms with E-state index in [1.165, 1.54) is 19.2 Å². The smallest absolute Gasteiger partial charge is 0.296 e. The number of ether oxygens (including phenoxy) is 1. The van der Waals surface area contributed by atoms with Gasteiger partial charge in [-0.2, -0.15) is 0 Å². The number of carbonyl (C=O) groups is 2. The van der Waals surface area contributed by atoms with Crippen LogP contribution in [0.1, 0.15) is 15.9 Å². The molecule has 3 aromatic carbocycles. The van der Waals surface area contributed by atoms with Gasteiger partial charge in [-0.25, -0.2) is 0 Å². The fourth-order valence-corrected chi connectivity index (χ4v) is 3.89. The zero-order valence-corrected chi connectivity index (χ0v) is 18.4. The van der Waals surface area contributed by atoms with Crippen molar-refractivity contribution in [1.82, 2.24) is 4.57 Å². The van der Waals surface area contributed by atoms with Crippen LogP contribution in [0.25, 0.3) is 10.9 Å². The van der Waals surface area contributed by atoms with Gasteiger partial charge in [0.2, 0.25) is 0 Å². The van der Waals surface area contributed by atoms with Crippen LogP contribution in [0.5, 0.6) is 11.5 Å². The highest BCUT2D eigenvalue weighted by molar-refractivity contribution is 6.51. The number of methoxy groups -OCH3 is 1. The van der Waals surface area contributed by atoms with Crippen LogP contribution in [0.4, 0.5) is 5.69 Å². The van der Waals surface area contributed by atoms with Gasteiger partial charge in [0.05, 0.1) is 18.2 Å². The minimum atomic E-state index is -0.842. The SMILES string of the molecule is COc1ccc(NC(=O)C(=O)c2c(Cl)n(Cc3ccc(Cl)cc3)c3ccc(O)cc23)cc1. The quantitative estimate of drug-likeness (QED) is 0.287. The van der Waals surface area contributed by atoms with Gasteiger partial charge in [0.15, 0.2) is 0 Å². The first-order chi connectivity index (χ1) is 15.4. The number of aromatic nitrogens is 1. The van der Waals surface area contributed by atoms with E-state index in [4.69, 9.17) is 27.9 Å². The Morgan fingerprint density at radius 2 is 1.69 bits per heavy atom. The number of Topliss-reactive ketones (excluding diaryl/α,β-unsaturated/α-hetero) is 1. The summed E-state index contributed by atoms with van der Waals surface area (Å²) in [6, 6.07) is 18.4. The van der Waals surface area contributed by atoms with Gasteiger partial charge in [-0.3, -0.25) is 9.59 Å². The molecule has 0 bridgehead atoms. The van der Waals surface area contributed by atoms with Crippen LogP contribution in [0, 0.1) is 0 Å². The molecule has 162 valence electrons. The molecule has 0 fully saturated rings. The van der Waals surface area contributed by atoms with E-state index in [2.05, 4.69) is 5.32 Å². The standard InChI is InChI=1S/C24H18Cl2N2O4/c1-32-18-9-6-16(7-10-18)27-24(31)22(30)21-19-12-17(29)8-11-20(19)28(23(21)26)13-14-2-4-15(25)5-3-14/h2-12,29H,13H2,1H3,(H,27,31). The molecule has 0 spiro atoms. The van der Waals surface area contributed by atoms with Crippen molar-refractivity contribution in [1.29, 1.82) is 0 Å². The second-order valence-corrected chi connectivity index (χ2v) is 7.89. The minimum Gasteiger partial charge on any atom is -0.508 e. The Hall–Kier alpha value is -3.48. The molecule has 1 amide bonds. The molecule has 8 heteroatoms. The largest absolute Gasteiger partial charge is 0.508 e. The second-order valence-electron chi connectivity index (χ2n) is 7.09. The van der Waals surface area contributed by atoms with Crippen LogP contribution in [0.15, 0.2) is 66.7 Å². The summed E-state index contributed by atoms with van der Waals surface area (Å²) in [7, 11) is 1.54. The van der Waals surface area contributed by atoms with Gasteiger partial charge < -0.3 is 19.7 Å².